The van der Waals surface area contributed by atoms with E-state index in [-0.39, 0.29) is 60.8 Å². The number of nitrogens with zero attached hydrogens (tertiary/aromatic N) is 6. The molecule has 342 valence electrons. The summed E-state index contributed by atoms with van der Waals surface area (Å²) >= 11 is 0. The number of carbonyl (C=O) groups excluding carboxylic acids is 4. The molecule has 4 fully saturated rings. The van der Waals surface area contributed by atoms with Gasteiger partial charge in [-0.2, -0.15) is 5.10 Å². The molecule has 17 nitrogen and oxygen atoms in total. The molecule has 2 aliphatic carbocycles. The predicted octanol–water partition coefficient (Wildman–Crippen LogP) is 5.70. The average Bonchev–Trinajstić information content (AvgIpc) is 3.66. The summed E-state index contributed by atoms with van der Waals surface area (Å²) < 4.78 is 29.0. The summed E-state index contributed by atoms with van der Waals surface area (Å²) in [5.41, 5.74) is 3.95. The van der Waals surface area contributed by atoms with Crippen molar-refractivity contribution in [2.45, 2.75) is 89.1 Å². The van der Waals surface area contributed by atoms with Crippen molar-refractivity contribution in [2.24, 2.45) is 22.9 Å². The molecular formula is C48H56N8O9. The third kappa shape index (κ3) is 8.40. The molecule has 0 unspecified atom stereocenters. The molecule has 6 aliphatic rings. The van der Waals surface area contributed by atoms with Crippen LogP contribution in [0.4, 0.5) is 0 Å². The van der Waals surface area contributed by atoms with Crippen molar-refractivity contribution in [3.63, 3.8) is 0 Å². The highest BCUT2D eigenvalue weighted by atomic mass is 16.7. The van der Waals surface area contributed by atoms with Gasteiger partial charge in [-0.3, -0.25) is 19.2 Å². The Balaban J connectivity index is 0.882. The number of aromatic amines is 1. The number of nitrogens with one attached hydrogen (secondary N) is 2. The third-order valence-corrected chi connectivity index (χ3v) is 14.0. The van der Waals surface area contributed by atoms with Gasteiger partial charge in [-0.1, -0.05) is 12.8 Å². The van der Waals surface area contributed by atoms with Gasteiger partial charge in [0.05, 0.1) is 49.2 Å². The number of carbonyl (C=O) groups is 4. The monoisotopic (exact) mass is 888 g/mol. The van der Waals surface area contributed by atoms with Crippen LogP contribution in [-0.2, 0) is 14.4 Å². The summed E-state index contributed by atoms with van der Waals surface area (Å²) in [6, 6.07) is 8.25. The number of rotatable bonds is 14. The number of hydrogen-bond acceptors (Lipinski definition) is 12. The minimum atomic E-state index is -0.989. The van der Waals surface area contributed by atoms with E-state index in [0.717, 1.165) is 62.6 Å². The predicted molar refractivity (Wildman–Crippen MR) is 238 cm³/mol. The second-order valence-electron chi connectivity index (χ2n) is 18.0. The van der Waals surface area contributed by atoms with Crippen LogP contribution in [0, 0.1) is 17.8 Å². The molecule has 65 heavy (non-hydrogen) atoms. The second-order valence-corrected chi connectivity index (χ2v) is 18.0. The Labute approximate surface area is 377 Å². The van der Waals surface area contributed by atoms with Gasteiger partial charge in [0, 0.05) is 56.2 Å². The van der Waals surface area contributed by atoms with E-state index < -0.39 is 11.9 Å². The number of amides is 4. The van der Waals surface area contributed by atoms with E-state index in [4.69, 9.17) is 28.8 Å². The average molecular weight is 889 g/mol. The van der Waals surface area contributed by atoms with Crippen LogP contribution in [0.3, 0.4) is 0 Å². The Morgan fingerprint density at radius 3 is 2.40 bits per heavy atom. The molecule has 2 N–H and O–H groups in total. The zero-order chi connectivity index (χ0) is 44.6. The zero-order valence-electron chi connectivity index (χ0n) is 37.0. The van der Waals surface area contributed by atoms with E-state index in [2.05, 4.69) is 20.3 Å². The van der Waals surface area contributed by atoms with Gasteiger partial charge in [-0.25, -0.2) is 15.0 Å². The van der Waals surface area contributed by atoms with Crippen molar-refractivity contribution < 1.29 is 42.9 Å². The highest BCUT2D eigenvalue weighted by Gasteiger charge is 2.44. The van der Waals surface area contributed by atoms with Crippen LogP contribution < -0.4 is 29.0 Å². The van der Waals surface area contributed by atoms with Gasteiger partial charge in [-0.15, -0.1) is 0 Å². The Morgan fingerprint density at radius 1 is 0.862 bits per heavy atom. The standard InChI is InChI=1S/C48H56N8O9/c1-61-35-13-11-29(23-38(35)62-2)41-31-7-3-4-8-32(31)47(59)56(53-41)30-17-21-55(22-18-30)48(60)34(12-16-39(57)54-19-5-6-20-54)52-46(58)33-24-49-44-42(33)50-26-51-43(44)40-36(63-25-28-9-10-28)14-15-37-45(40)65-27-64-37/h11,13-15,23-24,26,28,30-32,34,49H,3-10,12,16-22,25,27H2,1-2H3,(H,52,58)/t31-,32+,34-/m0/s1. The molecule has 4 amide bonds. The van der Waals surface area contributed by atoms with Gasteiger partial charge in [0.25, 0.3) is 5.91 Å². The maximum absolute atomic E-state index is 14.6. The molecule has 10 rings (SSSR count). The number of aromatic nitrogens is 3. The zero-order valence-corrected chi connectivity index (χ0v) is 37.0. The Kier molecular flexibility index (Phi) is 11.9. The lowest BCUT2D eigenvalue weighted by atomic mass is 9.73. The van der Waals surface area contributed by atoms with Gasteiger partial charge < -0.3 is 43.8 Å². The van der Waals surface area contributed by atoms with E-state index in [1.165, 1.54) is 6.33 Å². The summed E-state index contributed by atoms with van der Waals surface area (Å²) in [6.45, 7) is 2.72. The molecule has 2 aromatic heterocycles. The molecule has 4 aliphatic heterocycles. The van der Waals surface area contributed by atoms with Crippen molar-refractivity contribution in [2.75, 3.05) is 53.8 Å². The van der Waals surface area contributed by atoms with Gasteiger partial charge >= 0.3 is 0 Å². The third-order valence-electron chi connectivity index (χ3n) is 14.0. The van der Waals surface area contributed by atoms with Gasteiger partial charge in [0.1, 0.15) is 29.3 Å². The smallest absolute Gasteiger partial charge is 0.255 e. The maximum atomic E-state index is 14.6. The molecule has 0 spiro atoms. The first kappa shape index (κ1) is 42.6. The maximum Gasteiger partial charge on any atom is 0.255 e. The van der Waals surface area contributed by atoms with Crippen LogP contribution in [0.5, 0.6) is 28.7 Å². The van der Waals surface area contributed by atoms with Gasteiger partial charge in [-0.05, 0) is 94.0 Å². The van der Waals surface area contributed by atoms with E-state index in [1.54, 1.807) is 30.3 Å². The lowest BCUT2D eigenvalue weighted by Gasteiger charge is -2.43. The molecule has 3 atom stereocenters. The summed E-state index contributed by atoms with van der Waals surface area (Å²) in [5, 5.41) is 9.78. The lowest BCUT2D eigenvalue weighted by Crippen LogP contribution is -2.55. The number of hydrazone groups is 1. The summed E-state index contributed by atoms with van der Waals surface area (Å²) in [5.74, 6) is 2.46. The fourth-order valence-corrected chi connectivity index (χ4v) is 10.2. The SMILES string of the molecule is COc1ccc(C2=NN(C3CCN(C(=O)[C@H](CCC(=O)N4CCCC4)NC(=O)c4c[nH]c5c(-c6c(OCC7CC7)ccc7c6OCO7)ncnc45)CC3)C(=O)[C@@H]3CCCC[C@H]23)cc1OC. The van der Waals surface area contributed by atoms with Gasteiger partial charge in [0.2, 0.25) is 24.5 Å². The van der Waals surface area contributed by atoms with Crippen LogP contribution in [0.15, 0.2) is 48.0 Å². The largest absolute Gasteiger partial charge is 0.493 e. The summed E-state index contributed by atoms with van der Waals surface area (Å²) in [7, 11) is 3.21. The van der Waals surface area contributed by atoms with Crippen molar-refractivity contribution in [1.29, 1.82) is 0 Å². The number of benzene rings is 2. The number of methoxy groups -OCH3 is 2. The van der Waals surface area contributed by atoms with Crippen molar-refractivity contribution in [1.82, 2.24) is 35.1 Å². The van der Waals surface area contributed by atoms with Crippen molar-refractivity contribution in [3.05, 3.63) is 54.0 Å². The summed E-state index contributed by atoms with van der Waals surface area (Å²) in [6.07, 6.45) is 12.1. The van der Waals surface area contributed by atoms with Crippen LogP contribution in [0.25, 0.3) is 22.3 Å². The molecule has 0 radical (unpaired) electrons. The minimum Gasteiger partial charge on any atom is -0.493 e. The van der Waals surface area contributed by atoms with E-state index >= 15 is 0 Å². The molecule has 6 heterocycles. The van der Waals surface area contributed by atoms with Crippen LogP contribution in [0.1, 0.15) is 93.0 Å². The Morgan fingerprint density at radius 2 is 1.63 bits per heavy atom. The highest BCUT2D eigenvalue weighted by molar-refractivity contribution is 6.09. The molecule has 17 heteroatoms. The number of likely N-dealkylation sites (tertiary alicyclic amines) is 2. The van der Waals surface area contributed by atoms with E-state index in [0.29, 0.717) is 103 Å². The fourth-order valence-electron chi connectivity index (χ4n) is 10.2. The highest BCUT2D eigenvalue weighted by Crippen LogP contribution is 2.48. The topological polar surface area (TPSA) is 190 Å². The second kappa shape index (κ2) is 18.2. The quantitative estimate of drug-likeness (QED) is 0.158. The lowest BCUT2D eigenvalue weighted by molar-refractivity contribution is -0.143. The first-order valence-corrected chi connectivity index (χ1v) is 23.2. The number of H-pyrrole nitrogens is 1. The van der Waals surface area contributed by atoms with Crippen LogP contribution in [0.2, 0.25) is 0 Å². The van der Waals surface area contributed by atoms with Crippen molar-refractivity contribution >= 4 is 40.4 Å². The van der Waals surface area contributed by atoms with E-state index in [1.807, 2.05) is 35.2 Å². The van der Waals surface area contributed by atoms with Gasteiger partial charge in [0.15, 0.2) is 23.0 Å². The van der Waals surface area contributed by atoms with Crippen molar-refractivity contribution in [3.8, 4) is 40.0 Å². The van der Waals surface area contributed by atoms with Crippen LogP contribution in [-0.4, -0.2) is 125 Å². The molecule has 4 aromatic rings. The normalized spacial score (nSPS) is 21.2. The first-order valence-electron chi connectivity index (χ1n) is 23.2. The molecule has 2 saturated heterocycles. The number of ether oxygens (including phenoxy) is 5. The number of hydrogen-bond donors (Lipinski definition) is 2. The Bertz CT molecular complexity index is 2510. The molecular weight excluding hydrogens is 833 g/mol. The molecule has 2 aromatic carbocycles. The van der Waals surface area contributed by atoms with Crippen LogP contribution >= 0.6 is 0 Å². The number of fused-ring (bicyclic) bond motifs is 3. The Hall–Kier alpha value is -6.39. The molecule has 2 saturated carbocycles. The fraction of sp³-hybridized carbons (Fsp3) is 0.521. The number of piperidine rings is 1. The first-order chi connectivity index (χ1) is 31.8. The minimum absolute atomic E-state index is 0.0150. The molecule has 0 bridgehead atoms. The summed E-state index contributed by atoms with van der Waals surface area (Å²) in [4.78, 5) is 72.3. The van der Waals surface area contributed by atoms with E-state index in [9.17, 15) is 19.2 Å².